The number of anilines is 1. The van der Waals surface area contributed by atoms with Crippen molar-refractivity contribution < 1.29 is 13.2 Å². The minimum atomic E-state index is -3.41. The lowest BCUT2D eigenvalue weighted by atomic mass is 10.0. The van der Waals surface area contributed by atoms with Crippen LogP contribution >= 0.6 is 11.8 Å². The summed E-state index contributed by atoms with van der Waals surface area (Å²) in [5.41, 5.74) is 0.644. The van der Waals surface area contributed by atoms with E-state index >= 15 is 0 Å². The molecule has 2 aromatic rings. The molecular weight excluding hydrogens is 398 g/mol. The fourth-order valence-electron chi connectivity index (χ4n) is 3.18. The Morgan fingerprint density at radius 3 is 2.68 bits per heavy atom. The molecule has 1 aromatic carbocycles. The molecule has 28 heavy (non-hydrogen) atoms. The Bertz CT molecular complexity index is 912. The van der Waals surface area contributed by atoms with E-state index in [4.69, 9.17) is 0 Å². The van der Waals surface area contributed by atoms with Gasteiger partial charge in [0.1, 0.15) is 12.4 Å². The summed E-state index contributed by atoms with van der Waals surface area (Å²) in [6.07, 6.45) is 4.37. The number of carbonyl (C=O) groups is 1. The van der Waals surface area contributed by atoms with Crippen LogP contribution in [0.3, 0.4) is 0 Å². The number of aromatic nitrogens is 3. The average molecular weight is 424 g/mol. The van der Waals surface area contributed by atoms with Gasteiger partial charge < -0.3 is 9.88 Å². The molecule has 1 N–H and O–H groups in total. The van der Waals surface area contributed by atoms with Gasteiger partial charge in [0, 0.05) is 24.2 Å². The van der Waals surface area contributed by atoms with Gasteiger partial charge in [0.15, 0.2) is 5.16 Å². The zero-order valence-corrected chi connectivity index (χ0v) is 17.7. The first kappa shape index (κ1) is 20.8. The monoisotopic (exact) mass is 423 g/mol. The van der Waals surface area contributed by atoms with Gasteiger partial charge in [-0.1, -0.05) is 13.3 Å². The van der Waals surface area contributed by atoms with Crippen LogP contribution in [0, 0.1) is 0 Å². The van der Waals surface area contributed by atoms with E-state index in [2.05, 4.69) is 15.5 Å². The summed E-state index contributed by atoms with van der Waals surface area (Å²) in [7, 11) is -1.53. The molecule has 0 bridgehead atoms. The molecule has 1 aliphatic heterocycles. The molecule has 0 radical (unpaired) electrons. The Morgan fingerprint density at radius 2 is 2.04 bits per heavy atom. The standard InChI is InChI=1S/C18H25N5O3S2/c1-3-12-28(25,26)23-11-5-4-6-16(23)17(24)20-14-7-9-15(10-8-14)27-18-21-19-13-22(18)2/h7-10,13,16H,3-6,11-12H2,1-2H3,(H,20,24). The molecule has 1 aromatic heterocycles. The first-order valence-corrected chi connectivity index (χ1v) is 11.8. The Hall–Kier alpha value is -1.91. The second-order valence-corrected chi connectivity index (χ2v) is 9.86. The van der Waals surface area contributed by atoms with Crippen molar-refractivity contribution in [3.63, 3.8) is 0 Å². The smallest absolute Gasteiger partial charge is 0.242 e. The highest BCUT2D eigenvalue weighted by Crippen LogP contribution is 2.27. The zero-order chi connectivity index (χ0) is 20.1. The summed E-state index contributed by atoms with van der Waals surface area (Å²) in [6, 6.07) is 6.76. The fraction of sp³-hybridized carbons (Fsp3) is 0.500. The number of hydrogen-bond acceptors (Lipinski definition) is 6. The predicted molar refractivity (Wildman–Crippen MR) is 109 cm³/mol. The molecule has 10 heteroatoms. The molecule has 0 aliphatic carbocycles. The Labute approximate surface area is 169 Å². The number of benzene rings is 1. The predicted octanol–water partition coefficient (Wildman–Crippen LogP) is 2.50. The number of amides is 1. The van der Waals surface area contributed by atoms with Gasteiger partial charge in [-0.2, -0.15) is 4.31 Å². The molecule has 1 amide bonds. The molecular formula is C18H25N5O3S2. The summed E-state index contributed by atoms with van der Waals surface area (Å²) in [4.78, 5) is 13.7. The summed E-state index contributed by atoms with van der Waals surface area (Å²) in [5.74, 6) is -0.196. The second kappa shape index (κ2) is 9.06. The number of hydrogen-bond donors (Lipinski definition) is 1. The number of nitrogens with zero attached hydrogens (tertiary/aromatic N) is 4. The van der Waals surface area contributed by atoms with Crippen LogP contribution in [0.4, 0.5) is 5.69 Å². The molecule has 1 atom stereocenters. The highest BCUT2D eigenvalue weighted by Gasteiger charge is 2.36. The maximum Gasteiger partial charge on any atom is 0.242 e. The van der Waals surface area contributed by atoms with Crippen molar-refractivity contribution in [3.8, 4) is 0 Å². The number of sulfonamides is 1. The van der Waals surface area contributed by atoms with Crippen molar-refractivity contribution in [1.29, 1.82) is 0 Å². The Morgan fingerprint density at radius 1 is 1.29 bits per heavy atom. The molecule has 152 valence electrons. The lowest BCUT2D eigenvalue weighted by Crippen LogP contribution is -2.50. The van der Waals surface area contributed by atoms with Crippen LogP contribution in [0.5, 0.6) is 0 Å². The van der Waals surface area contributed by atoms with Gasteiger partial charge in [-0.3, -0.25) is 4.79 Å². The van der Waals surface area contributed by atoms with E-state index in [1.807, 2.05) is 42.8 Å². The van der Waals surface area contributed by atoms with Crippen LogP contribution in [0.15, 0.2) is 40.6 Å². The van der Waals surface area contributed by atoms with E-state index in [0.29, 0.717) is 25.1 Å². The highest BCUT2D eigenvalue weighted by molar-refractivity contribution is 7.99. The highest BCUT2D eigenvalue weighted by atomic mass is 32.2. The molecule has 1 saturated heterocycles. The zero-order valence-electron chi connectivity index (χ0n) is 16.0. The molecule has 8 nitrogen and oxygen atoms in total. The van der Waals surface area contributed by atoms with Crippen molar-refractivity contribution in [2.75, 3.05) is 17.6 Å². The molecule has 3 rings (SSSR count). The van der Waals surface area contributed by atoms with Crippen LogP contribution < -0.4 is 5.32 Å². The van der Waals surface area contributed by atoms with Crippen LogP contribution in [0.1, 0.15) is 32.6 Å². The lowest BCUT2D eigenvalue weighted by Gasteiger charge is -2.33. The average Bonchev–Trinajstić information content (AvgIpc) is 3.08. The first-order valence-electron chi connectivity index (χ1n) is 9.33. The third-order valence-electron chi connectivity index (χ3n) is 4.58. The maximum atomic E-state index is 12.8. The van der Waals surface area contributed by atoms with Gasteiger partial charge >= 0.3 is 0 Å². The van der Waals surface area contributed by atoms with E-state index < -0.39 is 16.1 Å². The molecule has 2 heterocycles. The van der Waals surface area contributed by atoms with E-state index in [1.54, 1.807) is 6.33 Å². The van der Waals surface area contributed by atoms with Crippen LogP contribution in [-0.4, -0.2) is 51.7 Å². The van der Waals surface area contributed by atoms with E-state index in [9.17, 15) is 13.2 Å². The molecule has 1 aliphatic rings. The van der Waals surface area contributed by atoms with Crippen molar-refractivity contribution >= 4 is 33.4 Å². The molecule has 0 saturated carbocycles. The minimum absolute atomic E-state index is 0.0742. The molecule has 1 unspecified atom stereocenters. The molecule has 0 spiro atoms. The van der Waals surface area contributed by atoms with Crippen molar-refractivity contribution in [2.24, 2.45) is 7.05 Å². The van der Waals surface area contributed by atoms with Crippen molar-refractivity contribution in [2.45, 2.75) is 48.7 Å². The third kappa shape index (κ3) is 4.92. The van der Waals surface area contributed by atoms with Gasteiger partial charge in [0.2, 0.25) is 15.9 Å². The Balaban J connectivity index is 1.66. The van der Waals surface area contributed by atoms with Gasteiger partial charge in [0.05, 0.1) is 5.75 Å². The number of rotatable bonds is 7. The second-order valence-electron chi connectivity index (χ2n) is 6.78. The van der Waals surface area contributed by atoms with Crippen LogP contribution in [0.25, 0.3) is 0 Å². The van der Waals surface area contributed by atoms with E-state index in [1.165, 1.54) is 16.1 Å². The lowest BCUT2D eigenvalue weighted by molar-refractivity contribution is -0.120. The SMILES string of the molecule is CCCS(=O)(=O)N1CCCCC1C(=O)Nc1ccc(Sc2nncn2C)cc1. The van der Waals surface area contributed by atoms with Gasteiger partial charge in [-0.25, -0.2) is 8.42 Å². The van der Waals surface area contributed by atoms with Gasteiger partial charge in [-0.15, -0.1) is 10.2 Å². The number of piperidine rings is 1. The van der Waals surface area contributed by atoms with E-state index in [0.717, 1.165) is 22.9 Å². The first-order chi connectivity index (χ1) is 13.4. The number of nitrogens with one attached hydrogen (secondary N) is 1. The quantitative estimate of drug-likeness (QED) is 0.735. The van der Waals surface area contributed by atoms with Crippen LogP contribution in [0.2, 0.25) is 0 Å². The van der Waals surface area contributed by atoms with Crippen molar-refractivity contribution in [3.05, 3.63) is 30.6 Å². The largest absolute Gasteiger partial charge is 0.325 e. The normalized spacial score (nSPS) is 18.1. The van der Waals surface area contributed by atoms with Crippen LogP contribution in [-0.2, 0) is 21.9 Å². The summed E-state index contributed by atoms with van der Waals surface area (Å²) in [6.45, 7) is 2.24. The summed E-state index contributed by atoms with van der Waals surface area (Å²) >= 11 is 1.47. The van der Waals surface area contributed by atoms with Crippen molar-refractivity contribution in [1.82, 2.24) is 19.1 Å². The van der Waals surface area contributed by atoms with Gasteiger partial charge in [-0.05, 0) is 55.3 Å². The Kier molecular flexibility index (Phi) is 6.73. The third-order valence-corrected chi connectivity index (χ3v) is 7.71. The molecule has 1 fully saturated rings. The summed E-state index contributed by atoms with van der Waals surface area (Å²) < 4.78 is 28.2. The fourth-order valence-corrected chi connectivity index (χ4v) is 5.69. The maximum absolute atomic E-state index is 12.8. The topological polar surface area (TPSA) is 97.2 Å². The van der Waals surface area contributed by atoms with E-state index in [-0.39, 0.29) is 11.7 Å². The van der Waals surface area contributed by atoms with Gasteiger partial charge in [0.25, 0.3) is 0 Å². The summed E-state index contributed by atoms with van der Waals surface area (Å²) in [5, 5.41) is 11.5. The number of aryl methyl sites for hydroxylation is 1. The minimum Gasteiger partial charge on any atom is -0.325 e. The number of carbonyl (C=O) groups excluding carboxylic acids is 1.